The second kappa shape index (κ2) is 6.98. The molecular formula is C21H18N2O3. The lowest BCUT2D eigenvalue weighted by molar-refractivity contribution is 0.273. The number of pyridine rings is 1. The van der Waals surface area contributed by atoms with Gasteiger partial charge in [-0.2, -0.15) is 0 Å². The van der Waals surface area contributed by atoms with Crippen molar-refractivity contribution in [2.24, 2.45) is 0 Å². The van der Waals surface area contributed by atoms with E-state index >= 15 is 0 Å². The van der Waals surface area contributed by atoms with Crippen molar-refractivity contribution >= 4 is 27.6 Å². The number of rotatable bonds is 5. The molecule has 0 saturated heterocycles. The van der Waals surface area contributed by atoms with Crippen LogP contribution in [0.4, 0.5) is 5.82 Å². The maximum Gasteiger partial charge on any atom is 0.347 e. The third kappa shape index (κ3) is 3.05. The smallest absolute Gasteiger partial charge is 0.347 e. The molecule has 2 heterocycles. The van der Waals surface area contributed by atoms with Crippen LogP contribution in [0.3, 0.4) is 0 Å². The van der Waals surface area contributed by atoms with E-state index in [1.165, 1.54) is 0 Å². The Balaban J connectivity index is 1.76. The first-order valence-corrected chi connectivity index (χ1v) is 8.48. The van der Waals surface area contributed by atoms with Gasteiger partial charge in [-0.05, 0) is 24.1 Å². The Hall–Kier alpha value is -3.18. The molecule has 5 nitrogen and oxygen atoms in total. The van der Waals surface area contributed by atoms with Crippen molar-refractivity contribution in [3.05, 3.63) is 82.8 Å². The number of nitrogens with zero attached hydrogens (tertiary/aromatic N) is 1. The molecule has 1 atom stereocenters. The Morgan fingerprint density at radius 1 is 1.00 bits per heavy atom. The fourth-order valence-corrected chi connectivity index (χ4v) is 3.18. The maximum absolute atomic E-state index is 12.5. The summed E-state index contributed by atoms with van der Waals surface area (Å²) in [6.45, 7) is -0.0775. The molecule has 0 unspecified atom stereocenters. The first kappa shape index (κ1) is 16.3. The van der Waals surface area contributed by atoms with Crippen molar-refractivity contribution in [3.63, 3.8) is 0 Å². The predicted octanol–water partition coefficient (Wildman–Crippen LogP) is 3.36. The van der Waals surface area contributed by atoms with E-state index in [1.807, 2.05) is 54.6 Å². The standard InChI is InChI=1S/C21H18N2O3/c24-13-15(12-14-6-2-1-3-7-14)23-20-19-17(10-11-22-20)16-8-4-5-9-18(16)26-21(19)25/h1-11,15,24H,12-13H2,(H,22,23)/t15-/m0/s1. The summed E-state index contributed by atoms with van der Waals surface area (Å²) in [5.41, 5.74) is 1.20. The average molecular weight is 346 g/mol. The van der Waals surface area contributed by atoms with Crippen molar-refractivity contribution in [2.75, 3.05) is 11.9 Å². The highest BCUT2D eigenvalue weighted by Gasteiger charge is 2.15. The molecule has 5 heteroatoms. The monoisotopic (exact) mass is 346 g/mol. The van der Waals surface area contributed by atoms with E-state index in [4.69, 9.17) is 4.42 Å². The van der Waals surface area contributed by atoms with Gasteiger partial charge in [-0.25, -0.2) is 9.78 Å². The third-order valence-corrected chi connectivity index (χ3v) is 4.42. The van der Waals surface area contributed by atoms with E-state index in [0.29, 0.717) is 23.2 Å². The summed E-state index contributed by atoms with van der Waals surface area (Å²) < 4.78 is 5.45. The Morgan fingerprint density at radius 2 is 1.77 bits per heavy atom. The Labute approximate surface area is 149 Å². The molecule has 2 aromatic heterocycles. The lowest BCUT2D eigenvalue weighted by Crippen LogP contribution is -2.27. The van der Waals surface area contributed by atoms with Crippen LogP contribution in [0.5, 0.6) is 0 Å². The highest BCUT2D eigenvalue weighted by Crippen LogP contribution is 2.26. The van der Waals surface area contributed by atoms with Gasteiger partial charge in [-0.3, -0.25) is 0 Å². The van der Waals surface area contributed by atoms with Crippen LogP contribution in [0.15, 0.2) is 76.1 Å². The lowest BCUT2D eigenvalue weighted by Gasteiger charge is -2.18. The average Bonchev–Trinajstić information content (AvgIpc) is 2.68. The number of hydrogen-bond donors (Lipinski definition) is 2. The number of aliphatic hydroxyl groups is 1. The second-order valence-corrected chi connectivity index (χ2v) is 6.18. The van der Waals surface area contributed by atoms with E-state index in [0.717, 1.165) is 16.3 Å². The van der Waals surface area contributed by atoms with Gasteiger partial charge < -0.3 is 14.8 Å². The van der Waals surface area contributed by atoms with Gasteiger partial charge in [0.15, 0.2) is 0 Å². The maximum atomic E-state index is 12.5. The van der Waals surface area contributed by atoms with Gasteiger partial charge in [0.05, 0.1) is 12.6 Å². The molecule has 0 amide bonds. The Morgan fingerprint density at radius 3 is 2.58 bits per heavy atom. The van der Waals surface area contributed by atoms with Crippen LogP contribution < -0.4 is 10.9 Å². The van der Waals surface area contributed by atoms with Crippen LogP contribution in [-0.4, -0.2) is 22.7 Å². The van der Waals surface area contributed by atoms with Crippen LogP contribution in [0, 0.1) is 0 Å². The summed E-state index contributed by atoms with van der Waals surface area (Å²) in [6, 6.07) is 18.8. The van der Waals surface area contributed by atoms with Crippen LogP contribution >= 0.6 is 0 Å². The summed E-state index contributed by atoms with van der Waals surface area (Å²) in [5, 5.41) is 15.0. The first-order chi connectivity index (χ1) is 12.8. The molecular weight excluding hydrogens is 328 g/mol. The summed E-state index contributed by atoms with van der Waals surface area (Å²) >= 11 is 0. The van der Waals surface area contributed by atoms with E-state index in [9.17, 15) is 9.90 Å². The van der Waals surface area contributed by atoms with Gasteiger partial charge >= 0.3 is 5.63 Å². The van der Waals surface area contributed by atoms with Gasteiger partial charge in [-0.15, -0.1) is 0 Å². The number of benzene rings is 2. The fourth-order valence-electron chi connectivity index (χ4n) is 3.18. The summed E-state index contributed by atoms with van der Waals surface area (Å²) in [4.78, 5) is 16.9. The van der Waals surface area contributed by atoms with E-state index in [2.05, 4.69) is 10.3 Å². The summed E-state index contributed by atoms with van der Waals surface area (Å²) in [6.07, 6.45) is 2.28. The van der Waals surface area contributed by atoms with Crippen molar-refractivity contribution in [2.45, 2.75) is 12.5 Å². The van der Waals surface area contributed by atoms with E-state index < -0.39 is 5.63 Å². The van der Waals surface area contributed by atoms with Gasteiger partial charge in [0.25, 0.3) is 0 Å². The zero-order chi connectivity index (χ0) is 17.9. The number of para-hydroxylation sites is 1. The van der Waals surface area contributed by atoms with Crippen LogP contribution in [0.25, 0.3) is 21.7 Å². The van der Waals surface area contributed by atoms with Gasteiger partial charge in [-0.1, -0.05) is 48.5 Å². The number of fused-ring (bicyclic) bond motifs is 3. The first-order valence-electron chi connectivity index (χ1n) is 8.48. The molecule has 26 heavy (non-hydrogen) atoms. The minimum Gasteiger partial charge on any atom is -0.422 e. The van der Waals surface area contributed by atoms with E-state index in [-0.39, 0.29) is 12.6 Å². The molecule has 0 fully saturated rings. The lowest BCUT2D eigenvalue weighted by atomic mass is 10.1. The Bertz CT molecular complexity index is 1110. The number of nitrogens with one attached hydrogen (secondary N) is 1. The van der Waals surface area contributed by atoms with Crippen LogP contribution in [-0.2, 0) is 6.42 Å². The molecule has 0 aliphatic carbocycles. The summed E-state index contributed by atoms with van der Waals surface area (Å²) in [7, 11) is 0. The van der Waals surface area contributed by atoms with Crippen LogP contribution in [0.1, 0.15) is 5.56 Å². The van der Waals surface area contributed by atoms with Gasteiger partial charge in [0, 0.05) is 17.0 Å². The minimum atomic E-state index is -0.439. The zero-order valence-electron chi connectivity index (χ0n) is 14.1. The van der Waals surface area contributed by atoms with Gasteiger partial charge in [0.1, 0.15) is 16.8 Å². The third-order valence-electron chi connectivity index (χ3n) is 4.42. The highest BCUT2D eigenvalue weighted by molar-refractivity contribution is 6.07. The van der Waals surface area contributed by atoms with Crippen molar-refractivity contribution in [3.8, 4) is 0 Å². The van der Waals surface area contributed by atoms with Crippen molar-refractivity contribution in [1.82, 2.24) is 4.98 Å². The molecule has 0 aliphatic rings. The molecule has 2 N–H and O–H groups in total. The minimum absolute atomic E-state index is 0.0775. The van der Waals surface area contributed by atoms with Crippen molar-refractivity contribution < 1.29 is 9.52 Å². The molecule has 4 rings (SSSR count). The molecule has 0 spiro atoms. The SMILES string of the molecule is O=c1oc2ccccc2c2ccnc(N[C@H](CO)Cc3ccccc3)c12. The Kier molecular flexibility index (Phi) is 4.37. The largest absolute Gasteiger partial charge is 0.422 e. The topological polar surface area (TPSA) is 75.4 Å². The summed E-state index contributed by atoms with van der Waals surface area (Å²) in [5.74, 6) is 0.428. The molecule has 0 aliphatic heterocycles. The molecule has 0 bridgehead atoms. The molecule has 4 aromatic rings. The molecule has 0 radical (unpaired) electrons. The zero-order valence-corrected chi connectivity index (χ0v) is 14.1. The number of anilines is 1. The molecule has 130 valence electrons. The van der Waals surface area contributed by atoms with E-state index in [1.54, 1.807) is 12.3 Å². The number of hydrogen-bond acceptors (Lipinski definition) is 5. The second-order valence-electron chi connectivity index (χ2n) is 6.18. The molecule has 2 aromatic carbocycles. The van der Waals surface area contributed by atoms with Crippen molar-refractivity contribution in [1.29, 1.82) is 0 Å². The number of aliphatic hydroxyl groups excluding tert-OH is 1. The predicted molar refractivity (Wildman–Crippen MR) is 102 cm³/mol. The number of aromatic nitrogens is 1. The van der Waals surface area contributed by atoms with Crippen LogP contribution in [0.2, 0.25) is 0 Å². The quantitative estimate of drug-likeness (QED) is 0.428. The highest BCUT2D eigenvalue weighted by atomic mass is 16.4. The van der Waals surface area contributed by atoms with Gasteiger partial charge in [0.2, 0.25) is 0 Å². The molecule has 0 saturated carbocycles. The fraction of sp³-hybridized carbons (Fsp3) is 0.143. The normalized spacial score (nSPS) is 12.3.